The number of carbonyl (C=O) groups excluding carboxylic acids is 1. The first kappa shape index (κ1) is 22.9. The van der Waals surface area contributed by atoms with Crippen LogP contribution in [0.5, 0.6) is 5.75 Å². The van der Waals surface area contributed by atoms with Crippen LogP contribution < -0.4 is 4.74 Å². The number of likely N-dealkylation sites (tertiary alicyclic amines) is 1. The molecule has 1 aliphatic heterocycles. The van der Waals surface area contributed by atoms with Gasteiger partial charge in [-0.25, -0.2) is 4.79 Å². The topological polar surface area (TPSA) is 64.8 Å². The minimum absolute atomic E-state index is 0.194. The summed E-state index contributed by atoms with van der Waals surface area (Å²) in [5, 5.41) is 5.51. The van der Waals surface area contributed by atoms with Crippen LogP contribution in [0, 0.1) is 11.8 Å². The third-order valence-corrected chi connectivity index (χ3v) is 6.49. The van der Waals surface area contributed by atoms with Crippen molar-refractivity contribution in [2.75, 3.05) is 19.7 Å². The van der Waals surface area contributed by atoms with Crippen LogP contribution in [0.1, 0.15) is 77.5 Å². The highest BCUT2D eigenvalue weighted by atomic mass is 16.6. The SMILES string of the molecule is CCCc1ccc2c(CCC3CCN(C(=O)OC(C)(C)C)CC3)noc2c1OCC1CC1. The van der Waals surface area contributed by atoms with Gasteiger partial charge in [-0.05, 0) is 89.2 Å². The molecule has 2 heterocycles. The van der Waals surface area contributed by atoms with Crippen molar-refractivity contribution in [3.05, 3.63) is 23.4 Å². The molecule has 0 N–H and O–H groups in total. The summed E-state index contributed by atoms with van der Waals surface area (Å²) >= 11 is 0. The zero-order valence-corrected chi connectivity index (χ0v) is 20.1. The van der Waals surface area contributed by atoms with E-state index in [2.05, 4.69) is 24.2 Å². The molecule has 1 saturated heterocycles. The number of rotatable bonds is 8. The van der Waals surface area contributed by atoms with E-state index in [0.717, 1.165) is 80.6 Å². The van der Waals surface area contributed by atoms with Crippen LogP contribution in [0.25, 0.3) is 11.0 Å². The molecular weight excluding hydrogens is 404 g/mol. The molecule has 2 aromatic rings. The summed E-state index contributed by atoms with van der Waals surface area (Å²) in [5.41, 5.74) is 2.61. The monoisotopic (exact) mass is 442 g/mol. The van der Waals surface area contributed by atoms with Gasteiger partial charge >= 0.3 is 6.09 Å². The van der Waals surface area contributed by atoms with E-state index in [1.165, 1.54) is 18.4 Å². The minimum Gasteiger partial charge on any atom is -0.489 e. The van der Waals surface area contributed by atoms with Gasteiger partial charge in [0, 0.05) is 18.5 Å². The van der Waals surface area contributed by atoms with Gasteiger partial charge in [0.15, 0.2) is 5.75 Å². The maximum atomic E-state index is 12.3. The van der Waals surface area contributed by atoms with Gasteiger partial charge in [0.1, 0.15) is 5.60 Å². The summed E-state index contributed by atoms with van der Waals surface area (Å²) in [6, 6.07) is 4.34. The highest BCUT2D eigenvalue weighted by Crippen LogP contribution is 2.36. The van der Waals surface area contributed by atoms with Crippen LogP contribution in [0.3, 0.4) is 0 Å². The fraction of sp³-hybridized carbons (Fsp3) is 0.692. The Bertz CT molecular complexity index is 918. The van der Waals surface area contributed by atoms with Crippen molar-refractivity contribution < 1.29 is 18.8 Å². The molecule has 32 heavy (non-hydrogen) atoms. The van der Waals surface area contributed by atoms with E-state index in [4.69, 9.17) is 14.0 Å². The van der Waals surface area contributed by atoms with E-state index < -0.39 is 5.60 Å². The zero-order valence-electron chi connectivity index (χ0n) is 20.1. The average molecular weight is 443 g/mol. The van der Waals surface area contributed by atoms with Crippen molar-refractivity contribution in [3.8, 4) is 5.75 Å². The standard InChI is InChI=1S/C26H38N2O4/c1-5-6-20-10-11-21-22(27-32-24(21)23(20)30-17-19-7-8-19)12-9-18-13-15-28(16-14-18)25(29)31-26(2,3)4/h10-11,18-19H,5-9,12-17H2,1-4H3. The summed E-state index contributed by atoms with van der Waals surface area (Å²) in [6.07, 6.45) is 8.37. The van der Waals surface area contributed by atoms with Gasteiger partial charge in [0.25, 0.3) is 0 Å². The smallest absolute Gasteiger partial charge is 0.410 e. The van der Waals surface area contributed by atoms with Crippen LogP contribution in [-0.4, -0.2) is 41.4 Å². The number of piperidine rings is 1. The Morgan fingerprint density at radius 3 is 2.53 bits per heavy atom. The van der Waals surface area contributed by atoms with Gasteiger partial charge < -0.3 is 18.9 Å². The number of benzene rings is 1. The Morgan fingerprint density at radius 1 is 1.12 bits per heavy atom. The summed E-state index contributed by atoms with van der Waals surface area (Å²) in [7, 11) is 0. The number of amides is 1. The van der Waals surface area contributed by atoms with Crippen molar-refractivity contribution in [2.24, 2.45) is 11.8 Å². The first-order valence-electron chi connectivity index (χ1n) is 12.3. The van der Waals surface area contributed by atoms with Crippen LogP contribution in [0.2, 0.25) is 0 Å². The Hall–Kier alpha value is -2.24. The number of carbonyl (C=O) groups is 1. The van der Waals surface area contributed by atoms with Gasteiger partial charge in [0.2, 0.25) is 5.58 Å². The summed E-state index contributed by atoms with van der Waals surface area (Å²) in [4.78, 5) is 14.1. The molecule has 1 aromatic carbocycles. The van der Waals surface area contributed by atoms with E-state index in [1.807, 2.05) is 25.7 Å². The van der Waals surface area contributed by atoms with E-state index >= 15 is 0 Å². The summed E-state index contributed by atoms with van der Waals surface area (Å²) in [5.74, 6) is 2.19. The Labute approximate surface area is 191 Å². The average Bonchev–Trinajstić information content (AvgIpc) is 3.49. The minimum atomic E-state index is -0.444. The molecule has 0 unspecified atom stereocenters. The van der Waals surface area contributed by atoms with E-state index in [1.54, 1.807) is 0 Å². The first-order chi connectivity index (χ1) is 15.3. The van der Waals surface area contributed by atoms with Crippen LogP contribution >= 0.6 is 0 Å². The molecule has 6 nitrogen and oxygen atoms in total. The second-order valence-corrected chi connectivity index (χ2v) is 10.5. The molecule has 6 heteroatoms. The summed E-state index contributed by atoms with van der Waals surface area (Å²) < 4.78 is 17.5. The molecule has 1 amide bonds. The first-order valence-corrected chi connectivity index (χ1v) is 12.3. The Morgan fingerprint density at radius 2 is 1.88 bits per heavy atom. The molecule has 0 atom stereocenters. The van der Waals surface area contributed by atoms with Crippen molar-refractivity contribution in [1.82, 2.24) is 10.1 Å². The lowest BCUT2D eigenvalue weighted by Crippen LogP contribution is -2.41. The number of fused-ring (bicyclic) bond motifs is 1. The molecule has 0 bridgehead atoms. The zero-order chi connectivity index (χ0) is 22.7. The second kappa shape index (κ2) is 9.72. The predicted octanol–water partition coefficient (Wildman–Crippen LogP) is 6.15. The third kappa shape index (κ3) is 5.76. The quantitative estimate of drug-likeness (QED) is 0.491. The maximum Gasteiger partial charge on any atom is 0.410 e. The number of hydrogen-bond donors (Lipinski definition) is 0. The highest BCUT2D eigenvalue weighted by Gasteiger charge is 2.28. The van der Waals surface area contributed by atoms with Crippen molar-refractivity contribution in [2.45, 2.75) is 84.7 Å². The van der Waals surface area contributed by atoms with Crippen molar-refractivity contribution in [3.63, 3.8) is 0 Å². The fourth-order valence-corrected chi connectivity index (χ4v) is 4.43. The second-order valence-electron chi connectivity index (χ2n) is 10.5. The van der Waals surface area contributed by atoms with Gasteiger partial charge in [-0.2, -0.15) is 0 Å². The lowest BCUT2D eigenvalue weighted by Gasteiger charge is -2.33. The van der Waals surface area contributed by atoms with Gasteiger partial charge in [-0.1, -0.05) is 24.6 Å². The number of hydrogen-bond acceptors (Lipinski definition) is 5. The highest BCUT2D eigenvalue weighted by molar-refractivity contribution is 5.86. The molecule has 4 rings (SSSR count). The van der Waals surface area contributed by atoms with Gasteiger partial charge in [0.05, 0.1) is 12.3 Å². The van der Waals surface area contributed by atoms with E-state index in [-0.39, 0.29) is 6.09 Å². The van der Waals surface area contributed by atoms with Crippen LogP contribution in [-0.2, 0) is 17.6 Å². The third-order valence-electron chi connectivity index (χ3n) is 6.49. The fourth-order valence-electron chi connectivity index (χ4n) is 4.43. The molecule has 2 aliphatic rings. The van der Waals surface area contributed by atoms with Gasteiger partial charge in [-0.3, -0.25) is 0 Å². The molecular formula is C26H38N2O4. The largest absolute Gasteiger partial charge is 0.489 e. The van der Waals surface area contributed by atoms with Crippen LogP contribution in [0.4, 0.5) is 4.79 Å². The number of aromatic nitrogens is 1. The molecule has 1 aliphatic carbocycles. The van der Waals surface area contributed by atoms with Crippen molar-refractivity contribution in [1.29, 1.82) is 0 Å². The molecule has 0 spiro atoms. The molecule has 1 saturated carbocycles. The molecule has 0 radical (unpaired) electrons. The predicted molar refractivity (Wildman–Crippen MR) is 125 cm³/mol. The molecule has 1 aromatic heterocycles. The summed E-state index contributed by atoms with van der Waals surface area (Å²) in [6.45, 7) is 10.2. The molecule has 2 fully saturated rings. The lowest BCUT2D eigenvalue weighted by molar-refractivity contribution is 0.0181. The number of nitrogens with zero attached hydrogens (tertiary/aromatic N) is 2. The van der Waals surface area contributed by atoms with Gasteiger partial charge in [-0.15, -0.1) is 0 Å². The lowest BCUT2D eigenvalue weighted by atomic mass is 9.91. The maximum absolute atomic E-state index is 12.3. The normalized spacial score (nSPS) is 17.7. The number of ether oxygens (including phenoxy) is 2. The number of aryl methyl sites for hydroxylation is 2. The molecule has 176 valence electrons. The Kier molecular flexibility index (Phi) is 6.96. The van der Waals surface area contributed by atoms with E-state index in [9.17, 15) is 4.79 Å². The van der Waals surface area contributed by atoms with Crippen molar-refractivity contribution >= 4 is 17.1 Å². The Balaban J connectivity index is 1.35. The van der Waals surface area contributed by atoms with Crippen LogP contribution in [0.15, 0.2) is 16.7 Å². The van der Waals surface area contributed by atoms with E-state index in [0.29, 0.717) is 11.8 Å².